The van der Waals surface area contributed by atoms with Gasteiger partial charge >= 0.3 is 5.69 Å². The van der Waals surface area contributed by atoms with E-state index in [4.69, 9.17) is 0 Å². The fourth-order valence-electron chi connectivity index (χ4n) is 1.64. The van der Waals surface area contributed by atoms with Crippen molar-refractivity contribution in [1.29, 1.82) is 0 Å². The third kappa shape index (κ3) is 1.39. The number of aromatic nitrogens is 4. The average Bonchev–Trinajstić information content (AvgIpc) is 2.64. The topological polar surface area (TPSA) is 61.8 Å². The minimum Gasteiger partial charge on any atom is -0.328 e. The van der Waals surface area contributed by atoms with Crippen LogP contribution in [0.3, 0.4) is 0 Å². The highest BCUT2D eigenvalue weighted by molar-refractivity contribution is 7.97. The van der Waals surface area contributed by atoms with Gasteiger partial charge < -0.3 is 4.57 Å². The molecule has 0 saturated carbocycles. The van der Waals surface area contributed by atoms with Crippen LogP contribution in [0.25, 0.3) is 11.2 Å². The van der Waals surface area contributed by atoms with Crippen LogP contribution in [0.4, 0.5) is 0 Å². The van der Waals surface area contributed by atoms with E-state index in [1.165, 1.54) is 27.2 Å². The molecule has 0 radical (unpaired) electrons. The van der Waals surface area contributed by atoms with Gasteiger partial charge in [-0.25, -0.2) is 14.3 Å². The van der Waals surface area contributed by atoms with Gasteiger partial charge in [0.25, 0.3) is 5.56 Å². The molecule has 0 amide bonds. The van der Waals surface area contributed by atoms with Gasteiger partial charge in [0.15, 0.2) is 11.2 Å². The second-order valence-electron chi connectivity index (χ2n) is 3.52. The SMILES string of the molecule is CSCn1c(=O)c2c(ncn2C)n(C)c1=O. The molecule has 2 heterocycles. The summed E-state index contributed by atoms with van der Waals surface area (Å²) in [6.45, 7) is 0. The summed E-state index contributed by atoms with van der Waals surface area (Å²) < 4.78 is 4.25. The zero-order valence-corrected chi connectivity index (χ0v) is 10.1. The first-order valence-corrected chi connectivity index (χ1v) is 6.07. The lowest BCUT2D eigenvalue weighted by atomic mass is 10.5. The smallest absolute Gasteiger partial charge is 0.328 e. The Morgan fingerprint density at radius 3 is 2.69 bits per heavy atom. The Labute approximate surface area is 95.5 Å². The van der Waals surface area contributed by atoms with Gasteiger partial charge in [-0.05, 0) is 6.26 Å². The van der Waals surface area contributed by atoms with Crippen molar-refractivity contribution < 1.29 is 0 Å². The highest BCUT2D eigenvalue weighted by Crippen LogP contribution is 2.03. The van der Waals surface area contributed by atoms with E-state index >= 15 is 0 Å². The molecule has 0 aliphatic carbocycles. The van der Waals surface area contributed by atoms with E-state index in [9.17, 15) is 9.59 Å². The standard InChI is InChI=1S/C9H12N4O2S/c1-11-4-10-7-6(11)8(14)13(5-16-3)9(15)12(7)2/h4H,5H2,1-3H3. The van der Waals surface area contributed by atoms with Crippen LogP contribution in [0.1, 0.15) is 0 Å². The highest BCUT2D eigenvalue weighted by atomic mass is 32.2. The van der Waals surface area contributed by atoms with Crippen molar-refractivity contribution in [2.24, 2.45) is 14.1 Å². The van der Waals surface area contributed by atoms with E-state index in [2.05, 4.69) is 4.98 Å². The Hall–Kier alpha value is -1.50. The number of imidazole rings is 1. The number of fused-ring (bicyclic) bond motifs is 1. The Morgan fingerprint density at radius 1 is 1.38 bits per heavy atom. The molecule has 6 nitrogen and oxygen atoms in total. The minimum atomic E-state index is -0.328. The van der Waals surface area contributed by atoms with Crippen LogP contribution in [0.2, 0.25) is 0 Å². The van der Waals surface area contributed by atoms with E-state index in [1.54, 1.807) is 18.7 Å². The van der Waals surface area contributed by atoms with E-state index in [0.29, 0.717) is 17.0 Å². The predicted octanol–water partition coefficient (Wildman–Crippen LogP) is -0.246. The second kappa shape index (κ2) is 3.82. The van der Waals surface area contributed by atoms with Crippen LogP contribution >= 0.6 is 11.8 Å². The van der Waals surface area contributed by atoms with Crippen molar-refractivity contribution in [3.8, 4) is 0 Å². The average molecular weight is 240 g/mol. The van der Waals surface area contributed by atoms with E-state index in [0.717, 1.165) is 0 Å². The van der Waals surface area contributed by atoms with Gasteiger partial charge in [0, 0.05) is 14.1 Å². The molecule has 2 rings (SSSR count). The Kier molecular flexibility index (Phi) is 2.63. The largest absolute Gasteiger partial charge is 0.333 e. The first kappa shape index (κ1) is 11.0. The van der Waals surface area contributed by atoms with Gasteiger partial charge in [0.1, 0.15) is 0 Å². The lowest BCUT2D eigenvalue weighted by molar-refractivity contribution is 0.696. The quantitative estimate of drug-likeness (QED) is 0.726. The Morgan fingerprint density at radius 2 is 2.06 bits per heavy atom. The molecule has 2 aromatic heterocycles. The van der Waals surface area contributed by atoms with E-state index in [1.807, 2.05) is 6.26 Å². The van der Waals surface area contributed by atoms with Crippen LogP contribution in [0.15, 0.2) is 15.9 Å². The fraction of sp³-hybridized carbons (Fsp3) is 0.444. The van der Waals surface area contributed by atoms with Crippen molar-refractivity contribution in [3.63, 3.8) is 0 Å². The van der Waals surface area contributed by atoms with Crippen molar-refractivity contribution in [2.75, 3.05) is 6.26 Å². The highest BCUT2D eigenvalue weighted by Gasteiger charge is 2.13. The molecular formula is C9H12N4O2S. The maximum absolute atomic E-state index is 12.0. The summed E-state index contributed by atoms with van der Waals surface area (Å²) in [4.78, 5) is 28.0. The maximum atomic E-state index is 12.0. The molecule has 2 aromatic rings. The molecule has 0 fully saturated rings. The van der Waals surface area contributed by atoms with Crippen LogP contribution in [0.5, 0.6) is 0 Å². The fourth-order valence-corrected chi connectivity index (χ4v) is 2.13. The Bertz CT molecular complexity index is 652. The number of hydrogen-bond donors (Lipinski definition) is 0. The van der Waals surface area contributed by atoms with Crippen molar-refractivity contribution in [2.45, 2.75) is 5.88 Å². The van der Waals surface area contributed by atoms with E-state index < -0.39 is 0 Å². The van der Waals surface area contributed by atoms with Gasteiger partial charge in [-0.15, -0.1) is 11.8 Å². The van der Waals surface area contributed by atoms with Crippen LogP contribution in [-0.4, -0.2) is 24.9 Å². The van der Waals surface area contributed by atoms with Crippen molar-refractivity contribution >= 4 is 22.9 Å². The molecule has 86 valence electrons. The number of rotatable bonds is 2. The lowest BCUT2D eigenvalue weighted by Crippen LogP contribution is -2.39. The number of aryl methyl sites for hydroxylation is 2. The third-order valence-electron chi connectivity index (χ3n) is 2.46. The number of hydrogen-bond acceptors (Lipinski definition) is 4. The number of thioether (sulfide) groups is 1. The molecule has 0 unspecified atom stereocenters. The minimum absolute atomic E-state index is 0.285. The summed E-state index contributed by atoms with van der Waals surface area (Å²) in [6.07, 6.45) is 3.38. The predicted molar refractivity (Wildman–Crippen MR) is 63.7 cm³/mol. The van der Waals surface area contributed by atoms with Crippen LogP contribution < -0.4 is 11.2 Å². The van der Waals surface area contributed by atoms with Gasteiger partial charge in [0.2, 0.25) is 0 Å². The summed E-state index contributed by atoms with van der Waals surface area (Å²) in [5, 5.41) is 0. The van der Waals surface area contributed by atoms with Gasteiger partial charge in [-0.2, -0.15) is 0 Å². The normalized spacial score (nSPS) is 11.2. The molecule has 0 N–H and O–H groups in total. The summed E-state index contributed by atoms with van der Waals surface area (Å²) in [5.74, 6) is 0.354. The summed E-state index contributed by atoms with van der Waals surface area (Å²) >= 11 is 1.43. The second-order valence-corrected chi connectivity index (χ2v) is 4.36. The van der Waals surface area contributed by atoms with Gasteiger partial charge in [-0.1, -0.05) is 0 Å². The lowest BCUT2D eigenvalue weighted by Gasteiger charge is -2.06. The monoisotopic (exact) mass is 240 g/mol. The summed E-state index contributed by atoms with van der Waals surface area (Å²) in [5.41, 5.74) is 0.268. The first-order chi connectivity index (χ1) is 7.57. The molecule has 7 heteroatoms. The molecule has 16 heavy (non-hydrogen) atoms. The molecule has 0 aromatic carbocycles. The molecule has 0 aliphatic heterocycles. The molecule has 0 spiro atoms. The van der Waals surface area contributed by atoms with Crippen LogP contribution in [-0.2, 0) is 20.0 Å². The molecular weight excluding hydrogens is 228 g/mol. The third-order valence-corrected chi connectivity index (χ3v) is 2.98. The zero-order valence-electron chi connectivity index (χ0n) is 9.30. The van der Waals surface area contributed by atoms with Crippen molar-refractivity contribution in [3.05, 3.63) is 27.2 Å². The number of nitrogens with zero attached hydrogens (tertiary/aromatic N) is 4. The molecule has 0 aliphatic rings. The maximum Gasteiger partial charge on any atom is 0.333 e. The van der Waals surface area contributed by atoms with Gasteiger partial charge in [-0.3, -0.25) is 9.36 Å². The molecule has 0 atom stereocenters. The first-order valence-electron chi connectivity index (χ1n) is 4.67. The summed E-state index contributed by atoms with van der Waals surface area (Å²) in [6, 6.07) is 0. The van der Waals surface area contributed by atoms with E-state index in [-0.39, 0.29) is 11.2 Å². The van der Waals surface area contributed by atoms with Gasteiger partial charge in [0.05, 0.1) is 12.2 Å². The molecule has 0 saturated heterocycles. The summed E-state index contributed by atoms with van der Waals surface area (Å²) in [7, 11) is 3.36. The van der Waals surface area contributed by atoms with Crippen molar-refractivity contribution in [1.82, 2.24) is 18.7 Å². The molecule has 0 bridgehead atoms. The Balaban J connectivity index is 2.98. The van der Waals surface area contributed by atoms with Crippen LogP contribution in [0, 0.1) is 0 Å². The zero-order chi connectivity index (χ0) is 11.9.